The summed E-state index contributed by atoms with van der Waals surface area (Å²) in [6, 6.07) is 0. The largest absolute Gasteiger partial charge is 0.481 e. The van der Waals surface area contributed by atoms with Gasteiger partial charge in [-0.25, -0.2) is 0 Å². The van der Waals surface area contributed by atoms with E-state index in [1.54, 1.807) is 0 Å². The van der Waals surface area contributed by atoms with Crippen LogP contribution in [0.4, 0.5) is 0 Å². The number of aliphatic carboxylic acids is 1. The maximum Gasteiger partial charge on any atom is 0.304 e. The van der Waals surface area contributed by atoms with Gasteiger partial charge in [0.25, 0.3) is 0 Å². The van der Waals surface area contributed by atoms with E-state index in [9.17, 15) is 14.4 Å². The third-order valence-corrected chi connectivity index (χ3v) is 5.11. The number of rotatable bonds is 7. The second-order valence-corrected chi connectivity index (χ2v) is 6.86. The van der Waals surface area contributed by atoms with Crippen LogP contribution >= 0.6 is 11.8 Å². The molecule has 0 aromatic heterocycles. The Morgan fingerprint density at radius 2 is 1.78 bits per heavy atom. The predicted molar refractivity (Wildman–Crippen MR) is 83.9 cm³/mol. The lowest BCUT2D eigenvalue weighted by atomic mass is 9.85. The normalized spacial score (nSPS) is 30.5. The Hall–Kier alpha value is -1.28. The molecule has 5 unspecified atom stereocenters. The Labute approximate surface area is 140 Å². The van der Waals surface area contributed by atoms with E-state index in [0.717, 1.165) is 0 Å². The van der Waals surface area contributed by atoms with Crippen molar-refractivity contribution in [2.75, 3.05) is 12.4 Å². The topological polar surface area (TPSA) is 99.1 Å². The van der Waals surface area contributed by atoms with Gasteiger partial charge in [0.1, 0.15) is 24.3 Å². The van der Waals surface area contributed by atoms with Crippen LogP contribution in [0.2, 0.25) is 0 Å². The van der Waals surface area contributed by atoms with Gasteiger partial charge in [0.2, 0.25) is 0 Å². The van der Waals surface area contributed by atoms with Crippen molar-refractivity contribution in [1.82, 2.24) is 0 Å². The molecule has 0 aliphatic carbocycles. The average molecular weight is 348 g/mol. The number of carbonyl (C=O) groups excluding carboxylic acids is 2. The lowest BCUT2D eigenvalue weighted by Crippen LogP contribution is -2.52. The molecule has 1 rings (SSSR count). The molecular formula is C15H24O7S. The molecule has 1 heterocycles. The highest BCUT2D eigenvalue weighted by Crippen LogP contribution is 2.38. The van der Waals surface area contributed by atoms with E-state index >= 15 is 0 Å². The molecule has 0 saturated carbocycles. The van der Waals surface area contributed by atoms with Crippen molar-refractivity contribution in [1.29, 1.82) is 0 Å². The molecule has 23 heavy (non-hydrogen) atoms. The zero-order valence-corrected chi connectivity index (χ0v) is 14.6. The first-order valence-corrected chi connectivity index (χ1v) is 8.56. The molecule has 0 radical (unpaired) electrons. The number of carboxylic acid groups (broad SMARTS) is 1. The van der Waals surface area contributed by atoms with Crippen molar-refractivity contribution >= 4 is 29.7 Å². The first kappa shape index (κ1) is 19.8. The third-order valence-electron chi connectivity index (χ3n) is 3.80. The van der Waals surface area contributed by atoms with E-state index in [0.29, 0.717) is 5.75 Å². The van der Waals surface area contributed by atoms with Gasteiger partial charge < -0.3 is 19.3 Å². The molecule has 0 amide bonds. The molecule has 8 heteroatoms. The van der Waals surface area contributed by atoms with Crippen LogP contribution in [-0.4, -0.2) is 53.0 Å². The molecular weight excluding hydrogens is 324 g/mol. The van der Waals surface area contributed by atoms with Crippen LogP contribution in [0.25, 0.3) is 0 Å². The first-order chi connectivity index (χ1) is 10.7. The van der Waals surface area contributed by atoms with Crippen LogP contribution in [0.5, 0.6) is 0 Å². The van der Waals surface area contributed by atoms with E-state index in [2.05, 4.69) is 0 Å². The van der Waals surface area contributed by atoms with Crippen molar-refractivity contribution in [2.24, 2.45) is 11.8 Å². The molecule has 0 spiro atoms. The van der Waals surface area contributed by atoms with Gasteiger partial charge in [-0.1, -0.05) is 13.8 Å². The maximum absolute atomic E-state index is 11.3. The van der Waals surface area contributed by atoms with Crippen LogP contribution in [0, 0.1) is 11.8 Å². The molecule has 1 saturated heterocycles. The lowest BCUT2D eigenvalue weighted by molar-refractivity contribution is -0.191. The minimum Gasteiger partial charge on any atom is -0.481 e. The highest BCUT2D eigenvalue weighted by molar-refractivity contribution is 7.99. The van der Waals surface area contributed by atoms with Gasteiger partial charge in [0, 0.05) is 25.5 Å². The van der Waals surface area contributed by atoms with Crippen molar-refractivity contribution in [3.8, 4) is 0 Å². The maximum atomic E-state index is 11.3. The Balaban J connectivity index is 2.76. The quantitative estimate of drug-likeness (QED) is 0.694. The number of hydrogen-bond acceptors (Lipinski definition) is 7. The minimum absolute atomic E-state index is 0.000328. The van der Waals surface area contributed by atoms with Gasteiger partial charge in [0.15, 0.2) is 0 Å². The summed E-state index contributed by atoms with van der Waals surface area (Å²) in [7, 11) is 0. The van der Waals surface area contributed by atoms with Crippen LogP contribution in [0.3, 0.4) is 0 Å². The zero-order valence-electron chi connectivity index (χ0n) is 13.8. The first-order valence-electron chi connectivity index (χ1n) is 7.51. The highest BCUT2D eigenvalue weighted by Gasteiger charge is 2.44. The number of thioether (sulfide) groups is 1. The molecule has 0 aromatic rings. The van der Waals surface area contributed by atoms with Crippen molar-refractivity contribution in [3.63, 3.8) is 0 Å². The fourth-order valence-corrected chi connectivity index (χ4v) is 3.72. The van der Waals surface area contributed by atoms with E-state index in [1.807, 2.05) is 13.8 Å². The molecule has 5 atom stereocenters. The van der Waals surface area contributed by atoms with Crippen LogP contribution in [0.1, 0.15) is 34.1 Å². The van der Waals surface area contributed by atoms with E-state index in [-0.39, 0.29) is 30.3 Å². The standard InChI is InChI=1S/C15H24O7S/c1-8-9(2)15(23-6-5-13(18)19)22-12(7-20-10(3)16)14(8)21-11(4)17/h8-9,12,14-15H,5-7H2,1-4H3,(H,18,19). The van der Waals surface area contributed by atoms with E-state index in [4.69, 9.17) is 19.3 Å². The number of hydrogen-bond donors (Lipinski definition) is 1. The van der Waals surface area contributed by atoms with Crippen molar-refractivity contribution in [2.45, 2.75) is 51.8 Å². The van der Waals surface area contributed by atoms with Gasteiger partial charge in [-0.05, 0) is 5.92 Å². The molecule has 1 aliphatic heterocycles. The molecule has 0 bridgehead atoms. The van der Waals surface area contributed by atoms with Crippen molar-refractivity contribution < 1.29 is 33.7 Å². The third kappa shape index (κ3) is 6.39. The average Bonchev–Trinajstić information content (AvgIpc) is 2.44. The van der Waals surface area contributed by atoms with Gasteiger partial charge in [-0.3, -0.25) is 14.4 Å². The SMILES string of the molecule is CC(=O)OCC1OC(SCCC(=O)O)C(C)C(C)C1OC(C)=O. The molecule has 1 N–H and O–H groups in total. The summed E-state index contributed by atoms with van der Waals surface area (Å²) in [5, 5.41) is 8.73. The van der Waals surface area contributed by atoms with Crippen LogP contribution in [0.15, 0.2) is 0 Å². The molecule has 132 valence electrons. The minimum atomic E-state index is -0.858. The second kappa shape index (κ2) is 9.12. The van der Waals surface area contributed by atoms with Gasteiger partial charge in [-0.2, -0.15) is 0 Å². The van der Waals surface area contributed by atoms with E-state index < -0.39 is 30.1 Å². The number of carbonyl (C=O) groups is 3. The fourth-order valence-electron chi connectivity index (χ4n) is 2.42. The molecule has 0 aromatic carbocycles. The summed E-state index contributed by atoms with van der Waals surface area (Å²) in [5.74, 6) is -1.22. The summed E-state index contributed by atoms with van der Waals surface area (Å²) in [6.07, 6.45) is -1.01. The smallest absolute Gasteiger partial charge is 0.304 e. The molecule has 1 fully saturated rings. The van der Waals surface area contributed by atoms with E-state index in [1.165, 1.54) is 25.6 Å². The van der Waals surface area contributed by atoms with Crippen LogP contribution in [-0.2, 0) is 28.6 Å². The summed E-state index contributed by atoms with van der Waals surface area (Å²) in [5.41, 5.74) is -0.239. The second-order valence-electron chi connectivity index (χ2n) is 5.65. The summed E-state index contributed by atoms with van der Waals surface area (Å²) in [6.45, 7) is 6.55. The van der Waals surface area contributed by atoms with Crippen molar-refractivity contribution in [3.05, 3.63) is 0 Å². The lowest BCUT2D eigenvalue weighted by Gasteiger charge is -2.43. The Morgan fingerprint density at radius 1 is 1.13 bits per heavy atom. The number of carboxylic acids is 1. The fraction of sp³-hybridized carbons (Fsp3) is 0.800. The Bertz CT molecular complexity index is 440. The summed E-state index contributed by atoms with van der Waals surface area (Å²) >= 11 is 1.41. The monoisotopic (exact) mass is 348 g/mol. The number of esters is 2. The molecule has 7 nitrogen and oxygen atoms in total. The van der Waals surface area contributed by atoms with Gasteiger partial charge in [0.05, 0.1) is 6.42 Å². The number of ether oxygens (including phenoxy) is 3. The zero-order chi connectivity index (χ0) is 17.6. The Kier molecular flexibility index (Phi) is 7.84. The summed E-state index contributed by atoms with van der Waals surface area (Å²) in [4.78, 5) is 33.0. The highest BCUT2D eigenvalue weighted by atomic mass is 32.2. The predicted octanol–water partition coefficient (Wildman–Crippen LogP) is 1.69. The van der Waals surface area contributed by atoms with Gasteiger partial charge >= 0.3 is 17.9 Å². The van der Waals surface area contributed by atoms with Gasteiger partial charge in [-0.15, -0.1) is 11.8 Å². The Morgan fingerprint density at radius 3 is 2.30 bits per heavy atom. The summed E-state index contributed by atoms with van der Waals surface area (Å²) < 4.78 is 16.3. The van der Waals surface area contributed by atoms with Crippen LogP contribution < -0.4 is 0 Å². The molecule has 1 aliphatic rings.